The van der Waals surface area contributed by atoms with E-state index in [2.05, 4.69) is 5.32 Å². The first-order chi connectivity index (χ1) is 13.0. The van der Waals surface area contributed by atoms with E-state index in [0.29, 0.717) is 30.2 Å². The minimum atomic E-state index is -0.371. The van der Waals surface area contributed by atoms with Crippen LogP contribution < -0.4 is 15.0 Å². The Morgan fingerprint density at radius 3 is 2.56 bits per heavy atom. The van der Waals surface area contributed by atoms with Gasteiger partial charge in [0.25, 0.3) is 0 Å². The van der Waals surface area contributed by atoms with Crippen LogP contribution in [0.4, 0.5) is 11.4 Å². The molecule has 6 nitrogen and oxygen atoms in total. The zero-order chi connectivity index (χ0) is 19.8. The van der Waals surface area contributed by atoms with Crippen LogP contribution in [0, 0.1) is 6.92 Å². The van der Waals surface area contributed by atoms with Gasteiger partial charge in [-0.3, -0.25) is 4.79 Å². The van der Waals surface area contributed by atoms with E-state index < -0.39 is 0 Å². The van der Waals surface area contributed by atoms with Crippen LogP contribution in [-0.2, 0) is 9.53 Å². The number of carbonyl (C=O) groups excluding carboxylic acids is 2. The van der Waals surface area contributed by atoms with Gasteiger partial charge in [0.15, 0.2) is 0 Å². The summed E-state index contributed by atoms with van der Waals surface area (Å²) in [5.74, 6) is 0.0768. The lowest BCUT2D eigenvalue weighted by Crippen LogP contribution is -2.33. The van der Waals surface area contributed by atoms with Crippen LogP contribution in [0.5, 0.6) is 5.75 Å². The number of hydrogen-bond donors (Lipinski definition) is 1. The number of hydrogen-bond acceptors (Lipinski definition) is 5. The van der Waals surface area contributed by atoms with E-state index in [0.717, 1.165) is 11.3 Å². The fraction of sp³-hybridized carbons (Fsp3) is 0.333. The zero-order valence-corrected chi connectivity index (χ0v) is 16.2. The molecule has 0 bridgehead atoms. The Kier molecular flexibility index (Phi) is 7.23. The van der Waals surface area contributed by atoms with Crippen molar-refractivity contribution in [2.75, 3.05) is 37.0 Å². The highest BCUT2D eigenvalue weighted by Gasteiger charge is 2.14. The Morgan fingerprint density at radius 2 is 1.89 bits per heavy atom. The lowest BCUT2D eigenvalue weighted by Gasteiger charge is -2.23. The molecule has 2 aromatic carbocycles. The molecule has 1 N–H and O–H groups in total. The number of aryl methyl sites for hydroxylation is 1. The van der Waals surface area contributed by atoms with Crippen molar-refractivity contribution in [3.05, 3.63) is 53.6 Å². The largest absolute Gasteiger partial charge is 0.495 e. The van der Waals surface area contributed by atoms with Gasteiger partial charge in [-0.25, -0.2) is 4.79 Å². The van der Waals surface area contributed by atoms with Gasteiger partial charge in [-0.15, -0.1) is 0 Å². The molecule has 2 rings (SSSR count). The Hall–Kier alpha value is -3.02. The van der Waals surface area contributed by atoms with Crippen molar-refractivity contribution in [3.63, 3.8) is 0 Å². The van der Waals surface area contributed by atoms with Gasteiger partial charge >= 0.3 is 5.97 Å². The fourth-order valence-electron chi connectivity index (χ4n) is 2.71. The second-order valence-electron chi connectivity index (χ2n) is 6.04. The number of nitrogens with zero attached hydrogens (tertiary/aromatic N) is 1. The normalized spacial score (nSPS) is 10.2. The predicted octanol–water partition coefficient (Wildman–Crippen LogP) is 3.65. The molecule has 0 heterocycles. The molecule has 0 radical (unpaired) electrons. The minimum absolute atomic E-state index is 0.153. The zero-order valence-electron chi connectivity index (χ0n) is 16.2. The molecular weight excluding hydrogens is 344 g/mol. The van der Waals surface area contributed by atoms with Gasteiger partial charge in [0.1, 0.15) is 5.75 Å². The van der Waals surface area contributed by atoms with E-state index in [-0.39, 0.29) is 18.4 Å². The second kappa shape index (κ2) is 9.62. The van der Waals surface area contributed by atoms with Crippen molar-refractivity contribution < 1.29 is 19.1 Å². The van der Waals surface area contributed by atoms with Gasteiger partial charge in [0, 0.05) is 12.2 Å². The van der Waals surface area contributed by atoms with Crippen LogP contribution in [0.3, 0.4) is 0 Å². The van der Waals surface area contributed by atoms with Gasteiger partial charge < -0.3 is 19.7 Å². The molecule has 144 valence electrons. The van der Waals surface area contributed by atoms with Crippen molar-refractivity contribution in [3.8, 4) is 5.75 Å². The number of amides is 1. The molecule has 0 aromatic heterocycles. The topological polar surface area (TPSA) is 67.9 Å². The molecule has 0 aliphatic rings. The molecule has 0 aliphatic heterocycles. The van der Waals surface area contributed by atoms with Gasteiger partial charge in [0.2, 0.25) is 5.91 Å². The monoisotopic (exact) mass is 370 g/mol. The van der Waals surface area contributed by atoms with E-state index >= 15 is 0 Å². The molecular formula is C21H26N2O4. The third kappa shape index (κ3) is 5.48. The summed E-state index contributed by atoms with van der Waals surface area (Å²) in [4.78, 5) is 26.4. The summed E-state index contributed by atoms with van der Waals surface area (Å²) in [7, 11) is 1.57. The smallest absolute Gasteiger partial charge is 0.338 e. The molecule has 2 aromatic rings. The van der Waals surface area contributed by atoms with Gasteiger partial charge in [-0.2, -0.15) is 0 Å². The molecule has 1 amide bonds. The Morgan fingerprint density at radius 1 is 1.11 bits per heavy atom. The van der Waals surface area contributed by atoms with E-state index in [1.807, 2.05) is 43.0 Å². The van der Waals surface area contributed by atoms with E-state index in [1.54, 1.807) is 32.2 Å². The number of esters is 1. The number of methoxy groups -OCH3 is 1. The summed E-state index contributed by atoms with van der Waals surface area (Å²) >= 11 is 0. The highest BCUT2D eigenvalue weighted by Crippen LogP contribution is 2.25. The molecule has 0 saturated carbocycles. The minimum Gasteiger partial charge on any atom is -0.495 e. The number of anilines is 2. The van der Waals surface area contributed by atoms with Crippen molar-refractivity contribution in [2.45, 2.75) is 20.8 Å². The summed E-state index contributed by atoms with van der Waals surface area (Å²) < 4.78 is 10.3. The first kappa shape index (κ1) is 20.3. The fourth-order valence-corrected chi connectivity index (χ4v) is 2.71. The lowest BCUT2D eigenvalue weighted by atomic mass is 10.2. The first-order valence-corrected chi connectivity index (χ1v) is 8.95. The molecule has 6 heteroatoms. The molecule has 0 spiro atoms. The van der Waals surface area contributed by atoms with E-state index in [9.17, 15) is 9.59 Å². The van der Waals surface area contributed by atoms with E-state index in [4.69, 9.17) is 9.47 Å². The lowest BCUT2D eigenvalue weighted by molar-refractivity contribution is -0.115. The van der Waals surface area contributed by atoms with Gasteiger partial charge in [0.05, 0.1) is 31.5 Å². The first-order valence-electron chi connectivity index (χ1n) is 8.95. The SMILES string of the molecule is CCOC(=O)c1cccc(N(CC)CC(=O)Nc2cc(C)ccc2OC)c1. The van der Waals surface area contributed by atoms with Crippen LogP contribution in [0.2, 0.25) is 0 Å². The highest BCUT2D eigenvalue weighted by atomic mass is 16.5. The number of likely N-dealkylation sites (N-methyl/N-ethyl adjacent to an activating group) is 1. The Bertz CT molecular complexity index is 805. The summed E-state index contributed by atoms with van der Waals surface area (Å²) in [6, 6.07) is 12.7. The van der Waals surface area contributed by atoms with Crippen LogP contribution >= 0.6 is 0 Å². The Balaban J connectivity index is 2.13. The maximum atomic E-state index is 12.6. The summed E-state index contributed by atoms with van der Waals surface area (Å²) in [5.41, 5.74) is 2.92. The van der Waals surface area contributed by atoms with Crippen molar-refractivity contribution >= 4 is 23.3 Å². The van der Waals surface area contributed by atoms with Crippen LogP contribution in [0.15, 0.2) is 42.5 Å². The molecule has 27 heavy (non-hydrogen) atoms. The number of nitrogens with one attached hydrogen (secondary N) is 1. The number of carbonyl (C=O) groups is 2. The van der Waals surface area contributed by atoms with Crippen LogP contribution in [-0.4, -0.2) is 38.7 Å². The maximum Gasteiger partial charge on any atom is 0.338 e. The second-order valence-corrected chi connectivity index (χ2v) is 6.04. The van der Waals surface area contributed by atoms with Crippen LogP contribution in [0.25, 0.3) is 0 Å². The standard InChI is InChI=1S/C21H26N2O4/c1-5-23(17-9-7-8-16(13-17)21(25)27-6-2)14-20(24)22-18-12-15(3)10-11-19(18)26-4/h7-13H,5-6,14H2,1-4H3,(H,22,24). The average molecular weight is 370 g/mol. The van der Waals surface area contributed by atoms with Crippen molar-refractivity contribution in [2.24, 2.45) is 0 Å². The molecule has 0 saturated heterocycles. The van der Waals surface area contributed by atoms with Crippen molar-refractivity contribution in [1.29, 1.82) is 0 Å². The molecule has 0 atom stereocenters. The summed E-state index contributed by atoms with van der Waals surface area (Å²) in [6.07, 6.45) is 0. The Labute approximate surface area is 160 Å². The highest BCUT2D eigenvalue weighted by molar-refractivity contribution is 5.96. The average Bonchev–Trinajstić information content (AvgIpc) is 2.66. The van der Waals surface area contributed by atoms with Crippen molar-refractivity contribution in [1.82, 2.24) is 0 Å². The van der Waals surface area contributed by atoms with Gasteiger partial charge in [-0.1, -0.05) is 12.1 Å². The van der Waals surface area contributed by atoms with Gasteiger partial charge in [-0.05, 0) is 56.7 Å². The third-order valence-electron chi connectivity index (χ3n) is 4.07. The predicted molar refractivity (Wildman–Crippen MR) is 107 cm³/mol. The molecule has 0 fully saturated rings. The van der Waals surface area contributed by atoms with Crippen LogP contribution in [0.1, 0.15) is 29.8 Å². The molecule has 0 aliphatic carbocycles. The number of rotatable bonds is 8. The number of benzene rings is 2. The summed E-state index contributed by atoms with van der Waals surface area (Å²) in [6.45, 7) is 6.77. The van der Waals surface area contributed by atoms with E-state index in [1.165, 1.54) is 0 Å². The number of ether oxygens (including phenoxy) is 2. The maximum absolute atomic E-state index is 12.6. The quantitative estimate of drug-likeness (QED) is 0.719. The molecule has 0 unspecified atom stereocenters. The third-order valence-corrected chi connectivity index (χ3v) is 4.07. The summed E-state index contributed by atoms with van der Waals surface area (Å²) in [5, 5.41) is 2.90.